The topological polar surface area (TPSA) is 65.5 Å². The fraction of sp³-hybridized carbons (Fsp3) is 0.476. The Balaban J connectivity index is 1.28. The van der Waals surface area contributed by atoms with E-state index < -0.39 is 11.7 Å². The molecular formula is C21H25FN4O2S. The van der Waals surface area contributed by atoms with Gasteiger partial charge in [0.2, 0.25) is 5.91 Å². The number of amides is 2. The maximum atomic E-state index is 13.7. The Bertz CT molecular complexity index is 873. The number of carbonyl (C=O) groups excluding carboxylic acids is 2. The minimum Gasteiger partial charge on any atom is -0.342 e. The van der Waals surface area contributed by atoms with Gasteiger partial charge in [-0.3, -0.25) is 14.9 Å². The lowest BCUT2D eigenvalue weighted by Gasteiger charge is -2.36. The van der Waals surface area contributed by atoms with Crippen LogP contribution in [0.3, 0.4) is 0 Å². The Kier molecular flexibility index (Phi) is 6.20. The molecule has 2 aliphatic rings. The van der Waals surface area contributed by atoms with Gasteiger partial charge < -0.3 is 9.80 Å². The number of hydrogen-bond donors (Lipinski definition) is 1. The van der Waals surface area contributed by atoms with Crippen LogP contribution in [0.1, 0.15) is 41.7 Å². The lowest BCUT2D eigenvalue weighted by atomic mass is 10.0. The second kappa shape index (κ2) is 9.00. The highest BCUT2D eigenvalue weighted by Gasteiger charge is 2.28. The number of likely N-dealkylation sites (tertiary alicyclic amines) is 2. The molecule has 3 heterocycles. The van der Waals surface area contributed by atoms with E-state index in [1.54, 1.807) is 11.4 Å². The highest BCUT2D eigenvalue weighted by molar-refractivity contribution is 7.14. The molecule has 0 unspecified atom stereocenters. The molecular weight excluding hydrogens is 391 g/mol. The molecule has 0 saturated carbocycles. The average molecular weight is 417 g/mol. The molecule has 1 aromatic heterocycles. The highest BCUT2D eigenvalue weighted by atomic mass is 32.1. The zero-order valence-electron chi connectivity index (χ0n) is 16.3. The Morgan fingerprint density at radius 1 is 1.14 bits per heavy atom. The van der Waals surface area contributed by atoms with Gasteiger partial charge >= 0.3 is 0 Å². The Hall–Kier alpha value is -2.32. The van der Waals surface area contributed by atoms with E-state index in [-0.39, 0.29) is 17.9 Å². The molecule has 0 atom stereocenters. The van der Waals surface area contributed by atoms with Crippen molar-refractivity contribution in [3.05, 3.63) is 46.7 Å². The lowest BCUT2D eigenvalue weighted by molar-refractivity contribution is -0.132. The number of thiazole rings is 1. The predicted octanol–water partition coefficient (Wildman–Crippen LogP) is 3.16. The summed E-state index contributed by atoms with van der Waals surface area (Å²) < 4.78 is 13.7. The van der Waals surface area contributed by atoms with Crippen molar-refractivity contribution in [1.82, 2.24) is 14.8 Å². The van der Waals surface area contributed by atoms with Crippen LogP contribution in [0, 0.1) is 5.82 Å². The van der Waals surface area contributed by atoms with Gasteiger partial charge in [-0.1, -0.05) is 12.1 Å². The normalized spacial score (nSPS) is 18.2. The summed E-state index contributed by atoms with van der Waals surface area (Å²) in [5.74, 6) is -1.05. The summed E-state index contributed by atoms with van der Waals surface area (Å²) in [6.07, 6.45) is 4.87. The molecule has 2 aliphatic heterocycles. The van der Waals surface area contributed by atoms with Crippen LogP contribution in [0.5, 0.6) is 0 Å². The Morgan fingerprint density at radius 2 is 1.86 bits per heavy atom. The number of carbonyl (C=O) groups is 2. The first-order valence-corrected chi connectivity index (χ1v) is 11.0. The number of halogens is 1. The fourth-order valence-corrected chi connectivity index (χ4v) is 4.81. The van der Waals surface area contributed by atoms with Crippen molar-refractivity contribution in [2.75, 3.05) is 31.5 Å². The molecule has 29 heavy (non-hydrogen) atoms. The summed E-state index contributed by atoms with van der Waals surface area (Å²) in [4.78, 5) is 33.6. The zero-order valence-corrected chi connectivity index (χ0v) is 17.1. The number of benzene rings is 1. The zero-order chi connectivity index (χ0) is 20.2. The van der Waals surface area contributed by atoms with Gasteiger partial charge in [-0.2, -0.15) is 0 Å². The monoisotopic (exact) mass is 416 g/mol. The van der Waals surface area contributed by atoms with Gasteiger partial charge in [0.25, 0.3) is 5.91 Å². The fourth-order valence-electron chi connectivity index (χ4n) is 4.11. The van der Waals surface area contributed by atoms with Crippen molar-refractivity contribution in [2.45, 2.75) is 38.1 Å². The van der Waals surface area contributed by atoms with Crippen molar-refractivity contribution in [3.63, 3.8) is 0 Å². The van der Waals surface area contributed by atoms with Crippen LogP contribution in [0.25, 0.3) is 0 Å². The van der Waals surface area contributed by atoms with Gasteiger partial charge in [-0.25, -0.2) is 9.37 Å². The van der Waals surface area contributed by atoms with Crippen LogP contribution < -0.4 is 5.32 Å². The third-order valence-electron chi connectivity index (χ3n) is 5.70. The van der Waals surface area contributed by atoms with Gasteiger partial charge in [-0.15, -0.1) is 11.3 Å². The van der Waals surface area contributed by atoms with Crippen LogP contribution in [0.15, 0.2) is 29.6 Å². The van der Waals surface area contributed by atoms with Crippen molar-refractivity contribution in [1.29, 1.82) is 0 Å². The van der Waals surface area contributed by atoms with E-state index >= 15 is 0 Å². The van der Waals surface area contributed by atoms with Crippen LogP contribution in [0.4, 0.5) is 9.52 Å². The largest absolute Gasteiger partial charge is 0.342 e. The molecule has 0 spiro atoms. The standard InChI is InChI=1S/C21H25FN4O2S/c22-18-6-2-1-5-17(18)20(28)24-21-23-15(14-29-21)13-19(27)26-11-7-16(8-12-26)25-9-3-4-10-25/h1-2,5-6,14,16H,3-4,7-13H2,(H,23,24,28). The molecule has 0 radical (unpaired) electrons. The first-order valence-electron chi connectivity index (χ1n) is 10.1. The summed E-state index contributed by atoms with van der Waals surface area (Å²) >= 11 is 1.24. The van der Waals surface area contributed by atoms with E-state index in [1.165, 1.54) is 55.5 Å². The number of anilines is 1. The third-order valence-corrected chi connectivity index (χ3v) is 6.50. The maximum Gasteiger partial charge on any atom is 0.260 e. The molecule has 1 aromatic carbocycles. The van der Waals surface area contributed by atoms with Gasteiger partial charge in [0, 0.05) is 24.5 Å². The number of hydrogen-bond acceptors (Lipinski definition) is 5. The molecule has 4 rings (SSSR count). The van der Waals surface area contributed by atoms with Gasteiger partial charge in [-0.05, 0) is 50.9 Å². The number of nitrogens with zero attached hydrogens (tertiary/aromatic N) is 3. The number of piperidine rings is 1. The van der Waals surface area contributed by atoms with E-state index in [0.29, 0.717) is 16.9 Å². The molecule has 2 saturated heterocycles. The summed E-state index contributed by atoms with van der Waals surface area (Å²) in [5, 5.41) is 4.75. The summed E-state index contributed by atoms with van der Waals surface area (Å²) in [5.41, 5.74) is 0.603. The van der Waals surface area contributed by atoms with Gasteiger partial charge in [0.15, 0.2) is 5.13 Å². The van der Waals surface area contributed by atoms with E-state index in [2.05, 4.69) is 15.2 Å². The average Bonchev–Trinajstić information content (AvgIpc) is 3.41. The molecule has 2 aromatic rings. The molecule has 2 fully saturated rings. The lowest BCUT2D eigenvalue weighted by Crippen LogP contribution is -2.46. The molecule has 6 nitrogen and oxygen atoms in total. The Labute approximate surface area is 173 Å². The summed E-state index contributed by atoms with van der Waals surface area (Å²) in [7, 11) is 0. The minimum atomic E-state index is -0.575. The summed E-state index contributed by atoms with van der Waals surface area (Å²) in [6.45, 7) is 3.97. The highest BCUT2D eigenvalue weighted by Crippen LogP contribution is 2.22. The second-order valence-electron chi connectivity index (χ2n) is 7.61. The quantitative estimate of drug-likeness (QED) is 0.813. The smallest absolute Gasteiger partial charge is 0.260 e. The van der Waals surface area contributed by atoms with Crippen LogP contribution in [0.2, 0.25) is 0 Å². The number of nitrogens with one attached hydrogen (secondary N) is 1. The SMILES string of the molecule is O=C(Nc1nc(CC(=O)N2CCC(N3CCCC3)CC2)cs1)c1ccccc1F. The van der Waals surface area contributed by atoms with Gasteiger partial charge in [0.1, 0.15) is 5.82 Å². The first kappa shape index (κ1) is 20.0. The van der Waals surface area contributed by atoms with Crippen molar-refractivity contribution >= 4 is 28.3 Å². The van der Waals surface area contributed by atoms with Crippen LogP contribution >= 0.6 is 11.3 Å². The van der Waals surface area contributed by atoms with Gasteiger partial charge in [0.05, 0.1) is 17.7 Å². The minimum absolute atomic E-state index is 0.0267. The molecule has 1 N–H and O–H groups in total. The van der Waals surface area contributed by atoms with E-state index in [4.69, 9.17) is 0 Å². The molecule has 0 aliphatic carbocycles. The maximum absolute atomic E-state index is 13.7. The molecule has 8 heteroatoms. The van der Waals surface area contributed by atoms with E-state index in [0.717, 1.165) is 25.9 Å². The van der Waals surface area contributed by atoms with E-state index in [9.17, 15) is 14.0 Å². The number of aromatic nitrogens is 1. The second-order valence-corrected chi connectivity index (χ2v) is 8.47. The summed E-state index contributed by atoms with van der Waals surface area (Å²) in [6, 6.07) is 6.42. The molecule has 0 bridgehead atoms. The van der Waals surface area contributed by atoms with Crippen molar-refractivity contribution in [2.24, 2.45) is 0 Å². The van der Waals surface area contributed by atoms with Crippen molar-refractivity contribution < 1.29 is 14.0 Å². The van der Waals surface area contributed by atoms with Crippen molar-refractivity contribution in [3.8, 4) is 0 Å². The number of rotatable bonds is 5. The molecule has 2 amide bonds. The van der Waals surface area contributed by atoms with E-state index in [1.807, 2.05) is 4.90 Å². The van der Waals surface area contributed by atoms with Crippen LogP contribution in [-0.2, 0) is 11.2 Å². The molecule has 154 valence electrons. The van der Waals surface area contributed by atoms with Crippen LogP contribution in [-0.4, -0.2) is 58.8 Å². The predicted molar refractivity (Wildman–Crippen MR) is 111 cm³/mol. The third kappa shape index (κ3) is 4.82. The Morgan fingerprint density at radius 3 is 2.59 bits per heavy atom. The first-order chi connectivity index (χ1) is 14.1.